The van der Waals surface area contributed by atoms with Gasteiger partial charge in [-0.05, 0) is 39.5 Å². The van der Waals surface area contributed by atoms with Gasteiger partial charge in [0.05, 0.1) is 6.61 Å². The molecule has 0 aromatic rings. The maximum atomic E-state index is 12.0. The molecule has 0 aliphatic carbocycles. The molecule has 0 aromatic carbocycles. The zero-order valence-electron chi connectivity index (χ0n) is 14.4. The Hall–Kier alpha value is -1.07. The molecular weight excluding hydrogens is 280 g/mol. The first-order valence-corrected chi connectivity index (χ1v) is 8.32. The highest BCUT2D eigenvalue weighted by Crippen LogP contribution is 2.17. The van der Waals surface area contributed by atoms with Gasteiger partial charge < -0.3 is 19.7 Å². The largest absolute Gasteiger partial charge is 0.444 e. The van der Waals surface area contributed by atoms with Crippen molar-refractivity contribution in [1.82, 2.24) is 10.2 Å². The average Bonchev–Trinajstić information content (AvgIpc) is 2.45. The van der Waals surface area contributed by atoms with E-state index in [1.807, 2.05) is 20.8 Å². The molecule has 2 heterocycles. The topological polar surface area (TPSA) is 50.8 Å². The summed E-state index contributed by atoms with van der Waals surface area (Å²) in [6.07, 6.45) is 3.95. The molecule has 2 aliphatic rings. The summed E-state index contributed by atoms with van der Waals surface area (Å²) >= 11 is 0. The summed E-state index contributed by atoms with van der Waals surface area (Å²) in [6.45, 7) is 11.9. The Morgan fingerprint density at radius 2 is 2.27 bits per heavy atom. The third kappa shape index (κ3) is 5.29. The van der Waals surface area contributed by atoms with Gasteiger partial charge in [-0.3, -0.25) is 0 Å². The van der Waals surface area contributed by atoms with Gasteiger partial charge in [0.2, 0.25) is 0 Å². The van der Waals surface area contributed by atoms with E-state index in [1.54, 1.807) is 4.90 Å². The van der Waals surface area contributed by atoms with E-state index in [-0.39, 0.29) is 6.09 Å². The van der Waals surface area contributed by atoms with E-state index in [2.05, 4.69) is 18.3 Å². The summed E-state index contributed by atoms with van der Waals surface area (Å²) in [6, 6.07) is 0.540. The summed E-state index contributed by atoms with van der Waals surface area (Å²) in [5, 5.41) is 3.64. The molecule has 126 valence electrons. The Morgan fingerprint density at radius 1 is 1.50 bits per heavy atom. The van der Waals surface area contributed by atoms with Crippen molar-refractivity contribution in [3.8, 4) is 0 Å². The molecule has 0 bridgehead atoms. The van der Waals surface area contributed by atoms with Crippen LogP contribution in [-0.4, -0.2) is 55.5 Å². The molecule has 2 rings (SSSR count). The van der Waals surface area contributed by atoms with Crippen LogP contribution in [-0.2, 0) is 9.47 Å². The molecule has 1 N–H and O–H groups in total. The monoisotopic (exact) mass is 310 g/mol. The van der Waals surface area contributed by atoms with Gasteiger partial charge in [0.25, 0.3) is 0 Å². The third-order valence-corrected chi connectivity index (χ3v) is 4.19. The van der Waals surface area contributed by atoms with Crippen LogP contribution in [0, 0.1) is 5.92 Å². The summed E-state index contributed by atoms with van der Waals surface area (Å²) in [4.78, 5) is 13.8. The van der Waals surface area contributed by atoms with Gasteiger partial charge >= 0.3 is 6.09 Å². The second-order valence-corrected chi connectivity index (χ2v) is 7.37. The lowest BCUT2D eigenvalue weighted by atomic mass is 9.97. The van der Waals surface area contributed by atoms with Gasteiger partial charge in [-0.15, -0.1) is 0 Å². The highest BCUT2D eigenvalue weighted by Gasteiger charge is 2.25. The Balaban J connectivity index is 1.75. The molecule has 0 aromatic heterocycles. The highest BCUT2D eigenvalue weighted by molar-refractivity contribution is 5.68. The molecule has 0 radical (unpaired) electrons. The van der Waals surface area contributed by atoms with Crippen LogP contribution in [0.3, 0.4) is 0 Å². The smallest absolute Gasteiger partial charge is 0.410 e. The average molecular weight is 310 g/mol. The highest BCUT2D eigenvalue weighted by atomic mass is 16.6. The number of nitrogens with one attached hydrogen (secondary N) is 1. The van der Waals surface area contributed by atoms with Crippen molar-refractivity contribution in [2.75, 3.05) is 32.8 Å². The molecule has 0 spiro atoms. The van der Waals surface area contributed by atoms with Crippen molar-refractivity contribution in [3.63, 3.8) is 0 Å². The number of ether oxygens (including phenoxy) is 2. The first kappa shape index (κ1) is 17.3. The number of carbonyl (C=O) groups is 1. The van der Waals surface area contributed by atoms with Crippen LogP contribution in [0.5, 0.6) is 0 Å². The van der Waals surface area contributed by atoms with Crippen molar-refractivity contribution in [2.24, 2.45) is 5.92 Å². The first-order chi connectivity index (χ1) is 10.3. The molecule has 1 fully saturated rings. The standard InChI is InChI=1S/C17H30N2O3/c1-13-12-21-10-7-15(13)18-11-14-5-8-19(9-6-14)16(20)22-17(2,3)4/h5,13,15,18H,6-12H2,1-4H3. The van der Waals surface area contributed by atoms with Crippen molar-refractivity contribution in [2.45, 2.75) is 52.2 Å². The van der Waals surface area contributed by atoms with E-state index in [1.165, 1.54) is 5.57 Å². The van der Waals surface area contributed by atoms with Crippen molar-refractivity contribution >= 4 is 6.09 Å². The first-order valence-electron chi connectivity index (χ1n) is 8.32. The van der Waals surface area contributed by atoms with E-state index >= 15 is 0 Å². The van der Waals surface area contributed by atoms with Crippen LogP contribution in [0.1, 0.15) is 40.5 Å². The minimum Gasteiger partial charge on any atom is -0.444 e. The Kier molecular flexibility index (Phi) is 5.87. The second kappa shape index (κ2) is 7.47. The normalized spacial score (nSPS) is 26.5. The van der Waals surface area contributed by atoms with E-state index in [0.717, 1.165) is 39.1 Å². The van der Waals surface area contributed by atoms with E-state index in [9.17, 15) is 4.79 Å². The third-order valence-electron chi connectivity index (χ3n) is 4.19. The Labute approximate surface area is 134 Å². The molecule has 1 amide bonds. The predicted octanol–water partition coefficient (Wildman–Crippen LogP) is 2.57. The Morgan fingerprint density at radius 3 is 2.86 bits per heavy atom. The van der Waals surface area contributed by atoms with Gasteiger partial charge in [0.15, 0.2) is 0 Å². The molecule has 2 atom stereocenters. The number of amides is 1. The maximum Gasteiger partial charge on any atom is 0.410 e. The van der Waals surface area contributed by atoms with Crippen LogP contribution in [0.2, 0.25) is 0 Å². The van der Waals surface area contributed by atoms with E-state index in [0.29, 0.717) is 18.5 Å². The molecule has 5 nitrogen and oxygen atoms in total. The van der Waals surface area contributed by atoms with Gasteiger partial charge in [-0.1, -0.05) is 18.6 Å². The number of nitrogens with zero attached hydrogens (tertiary/aromatic N) is 1. The molecule has 2 unspecified atom stereocenters. The molecular formula is C17H30N2O3. The van der Waals surface area contributed by atoms with Gasteiger partial charge in [0.1, 0.15) is 5.60 Å². The number of hydrogen-bond donors (Lipinski definition) is 1. The molecule has 2 aliphatic heterocycles. The zero-order chi connectivity index (χ0) is 16.2. The minimum absolute atomic E-state index is 0.214. The quantitative estimate of drug-likeness (QED) is 0.814. The Bertz CT molecular complexity index is 415. The van der Waals surface area contributed by atoms with Crippen molar-refractivity contribution in [1.29, 1.82) is 0 Å². The fraction of sp³-hybridized carbons (Fsp3) is 0.824. The van der Waals surface area contributed by atoms with Crippen LogP contribution in [0.15, 0.2) is 11.6 Å². The summed E-state index contributed by atoms with van der Waals surface area (Å²) in [5.41, 5.74) is 0.959. The van der Waals surface area contributed by atoms with Crippen molar-refractivity contribution in [3.05, 3.63) is 11.6 Å². The van der Waals surface area contributed by atoms with E-state index < -0.39 is 5.60 Å². The second-order valence-electron chi connectivity index (χ2n) is 7.37. The van der Waals surface area contributed by atoms with Crippen molar-refractivity contribution < 1.29 is 14.3 Å². The number of hydrogen-bond acceptors (Lipinski definition) is 4. The van der Waals surface area contributed by atoms with Crippen LogP contribution in [0.4, 0.5) is 4.79 Å². The number of carbonyl (C=O) groups excluding carboxylic acids is 1. The fourth-order valence-electron chi connectivity index (χ4n) is 2.81. The van der Waals surface area contributed by atoms with Gasteiger partial charge in [-0.2, -0.15) is 0 Å². The SMILES string of the molecule is CC1COCCC1NCC1=CCN(C(=O)OC(C)(C)C)CC1. The van der Waals surface area contributed by atoms with Crippen LogP contribution >= 0.6 is 0 Å². The maximum absolute atomic E-state index is 12.0. The lowest BCUT2D eigenvalue weighted by molar-refractivity contribution is 0.0263. The summed E-state index contributed by atoms with van der Waals surface area (Å²) < 4.78 is 10.9. The molecule has 22 heavy (non-hydrogen) atoms. The lowest BCUT2D eigenvalue weighted by Crippen LogP contribution is -2.43. The number of rotatable bonds is 3. The predicted molar refractivity (Wildman–Crippen MR) is 86.9 cm³/mol. The molecule has 1 saturated heterocycles. The minimum atomic E-state index is -0.429. The summed E-state index contributed by atoms with van der Waals surface area (Å²) in [5.74, 6) is 0.566. The molecule has 0 saturated carbocycles. The van der Waals surface area contributed by atoms with Gasteiger partial charge in [0, 0.05) is 32.3 Å². The van der Waals surface area contributed by atoms with E-state index in [4.69, 9.17) is 9.47 Å². The zero-order valence-corrected chi connectivity index (χ0v) is 14.4. The summed E-state index contributed by atoms with van der Waals surface area (Å²) in [7, 11) is 0. The lowest BCUT2D eigenvalue weighted by Gasteiger charge is -2.32. The molecule has 5 heteroatoms. The van der Waals surface area contributed by atoms with Crippen LogP contribution < -0.4 is 5.32 Å². The fourth-order valence-corrected chi connectivity index (χ4v) is 2.81. The van der Waals surface area contributed by atoms with Gasteiger partial charge in [-0.25, -0.2) is 4.79 Å². The van der Waals surface area contributed by atoms with Crippen LogP contribution in [0.25, 0.3) is 0 Å².